The molecule has 0 saturated carbocycles. The molecule has 1 rings (SSSR count). The molecule has 0 saturated heterocycles. The summed E-state index contributed by atoms with van der Waals surface area (Å²) in [6.45, 7) is 46.7. The van der Waals surface area contributed by atoms with Crippen LogP contribution in [0.3, 0.4) is 0 Å². The maximum atomic E-state index is 14.9. The van der Waals surface area contributed by atoms with Crippen molar-refractivity contribution in [3.05, 3.63) is 47.3 Å². The van der Waals surface area contributed by atoms with Crippen molar-refractivity contribution < 1.29 is 22.9 Å². The molecule has 0 amide bonds. The van der Waals surface area contributed by atoms with Crippen molar-refractivity contribution in [2.24, 2.45) is 17.3 Å². The molecule has 0 bridgehead atoms. The van der Waals surface area contributed by atoms with Gasteiger partial charge in [-0.15, -0.1) is 0 Å². The topological polar surface area (TPSA) is 74.7 Å². The Hall–Kier alpha value is -1.50. The Labute approximate surface area is 349 Å². The van der Waals surface area contributed by atoms with Gasteiger partial charge in [0.25, 0.3) is 0 Å². The quantitative estimate of drug-likeness (QED) is 0.0658. The Balaban J connectivity index is 3.41. The van der Waals surface area contributed by atoms with Gasteiger partial charge in [-0.05, 0) is 130 Å². The maximum Gasteiger partial charge on any atom is 0.192 e. The minimum atomic E-state index is -2.26. The molecule has 1 aromatic heterocycles. The summed E-state index contributed by atoms with van der Waals surface area (Å²) in [6.07, 6.45) is 11.2. The second-order valence-corrected chi connectivity index (χ2v) is 36.1. The van der Waals surface area contributed by atoms with Gasteiger partial charge in [0.1, 0.15) is 12.1 Å². The monoisotopic (exact) mass is 830 g/mol. The second-order valence-electron chi connectivity index (χ2n) is 21.9. The van der Waals surface area contributed by atoms with Gasteiger partial charge in [-0.1, -0.05) is 108 Å². The van der Waals surface area contributed by atoms with E-state index in [0.29, 0.717) is 6.42 Å². The molecule has 0 aromatic carbocycles. The van der Waals surface area contributed by atoms with Gasteiger partial charge in [0.15, 0.2) is 25.0 Å². The van der Waals surface area contributed by atoms with E-state index < -0.39 is 36.5 Å². The lowest BCUT2D eigenvalue weighted by Gasteiger charge is -2.47. The van der Waals surface area contributed by atoms with Crippen molar-refractivity contribution in [2.75, 3.05) is 0 Å². The molecule has 0 radical (unpaired) electrons. The van der Waals surface area contributed by atoms with E-state index in [9.17, 15) is 9.59 Å². The molecule has 56 heavy (non-hydrogen) atoms. The summed E-state index contributed by atoms with van der Waals surface area (Å²) in [7, 11) is -6.53. The first-order chi connectivity index (χ1) is 25.3. The van der Waals surface area contributed by atoms with E-state index >= 15 is 0 Å². The number of ketones is 1. The predicted octanol–water partition coefficient (Wildman–Crippen LogP) is 14.0. The van der Waals surface area contributed by atoms with Crippen LogP contribution in [0.25, 0.3) is 6.08 Å². The number of nitrogens with zero attached hydrogens (tertiary/aromatic N) is 1. The van der Waals surface area contributed by atoms with Crippen LogP contribution in [0.5, 0.6) is 0 Å². The number of hydrogen-bond acceptors (Lipinski definition) is 6. The summed E-state index contributed by atoms with van der Waals surface area (Å²) < 4.78 is 21.2. The number of aromatic nitrogens is 1. The lowest BCUT2D eigenvalue weighted by Crippen LogP contribution is -2.54. The van der Waals surface area contributed by atoms with E-state index in [0.717, 1.165) is 37.7 Å². The molecule has 0 N–H and O–H groups in total. The van der Waals surface area contributed by atoms with Crippen LogP contribution in [0, 0.1) is 17.3 Å². The van der Waals surface area contributed by atoms with Crippen molar-refractivity contribution in [3.8, 4) is 0 Å². The molecule has 9 heteroatoms. The second kappa shape index (κ2) is 20.7. The van der Waals surface area contributed by atoms with Crippen molar-refractivity contribution in [1.82, 2.24) is 4.98 Å². The van der Waals surface area contributed by atoms with Crippen LogP contribution in [-0.2, 0) is 22.9 Å². The summed E-state index contributed by atoms with van der Waals surface area (Å²) in [4.78, 5) is 31.5. The molecule has 322 valence electrons. The maximum absolute atomic E-state index is 14.9. The highest BCUT2D eigenvalue weighted by molar-refractivity contribution is 6.75. The third kappa shape index (κ3) is 15.0. The van der Waals surface area contributed by atoms with E-state index in [-0.39, 0.29) is 51.4 Å². The lowest BCUT2D eigenvalue weighted by atomic mass is 9.71. The van der Waals surface area contributed by atoms with Crippen LogP contribution in [0.15, 0.2) is 41.6 Å². The summed E-state index contributed by atoms with van der Waals surface area (Å²) in [5, 5.41) is 0.0632. The zero-order chi connectivity index (χ0) is 43.7. The number of carbonyl (C=O) groups excluding carboxylic acids is 2. The fraction of sp³-hybridized carbons (Fsp3) is 0.766. The molecule has 0 aliphatic rings. The number of carbonyl (C=O) groups is 2. The normalized spacial score (nSPS) is 17.3. The van der Waals surface area contributed by atoms with Gasteiger partial charge in [0, 0.05) is 24.0 Å². The standard InChI is InChI=1S/C47H87NO5Si3/c1-22-39(43(50)47(14,15)41(31-33-49)52-55(18,19)45(8,9)10)42(53-56(20,21)46(11,12)13)36(3)27-25-26-35(2)29-30-40(51-54(16,17)44(5,6)7)37(4)34-38-28-23-24-32-48-38/h23-24,28-29,32-34,36,39-42H,22,25-27,30-31H2,1-21H3/b35-29+,37-34+/t36-,39+,40-,41-,42-/m0/s1. The molecule has 1 aromatic rings. The van der Waals surface area contributed by atoms with Gasteiger partial charge >= 0.3 is 0 Å². The Bertz CT molecular complexity index is 1440. The number of rotatable bonds is 22. The molecular formula is C47H87NO5Si3. The Morgan fingerprint density at radius 1 is 0.786 bits per heavy atom. The Morgan fingerprint density at radius 2 is 1.30 bits per heavy atom. The summed E-state index contributed by atoms with van der Waals surface area (Å²) in [6, 6.07) is 6.02. The minimum absolute atomic E-state index is 0.00117. The van der Waals surface area contributed by atoms with Gasteiger partial charge in [0.2, 0.25) is 0 Å². The number of pyridine rings is 1. The molecule has 0 unspecified atom stereocenters. The highest BCUT2D eigenvalue weighted by Crippen LogP contribution is 2.45. The van der Waals surface area contributed by atoms with Gasteiger partial charge < -0.3 is 18.1 Å². The van der Waals surface area contributed by atoms with Crippen LogP contribution in [0.4, 0.5) is 0 Å². The van der Waals surface area contributed by atoms with Crippen molar-refractivity contribution in [3.63, 3.8) is 0 Å². The van der Waals surface area contributed by atoms with Crippen LogP contribution >= 0.6 is 0 Å². The molecule has 6 nitrogen and oxygen atoms in total. The van der Waals surface area contributed by atoms with Crippen LogP contribution < -0.4 is 0 Å². The van der Waals surface area contributed by atoms with Gasteiger partial charge in [0.05, 0.1) is 24.0 Å². The summed E-state index contributed by atoms with van der Waals surface area (Å²) >= 11 is 0. The molecule has 1 heterocycles. The highest BCUT2D eigenvalue weighted by Gasteiger charge is 2.50. The molecule has 5 atom stereocenters. The summed E-state index contributed by atoms with van der Waals surface area (Å²) in [5.41, 5.74) is 2.65. The zero-order valence-electron chi connectivity index (χ0n) is 40.2. The third-order valence-electron chi connectivity index (χ3n) is 13.7. The van der Waals surface area contributed by atoms with Crippen LogP contribution in [0.1, 0.15) is 148 Å². The van der Waals surface area contributed by atoms with E-state index in [4.69, 9.17) is 13.3 Å². The third-order valence-corrected chi connectivity index (χ3v) is 27.1. The zero-order valence-corrected chi connectivity index (χ0v) is 43.2. The highest BCUT2D eigenvalue weighted by atomic mass is 28.4. The van der Waals surface area contributed by atoms with Crippen molar-refractivity contribution >= 4 is 43.1 Å². The molecule has 0 aliphatic carbocycles. The lowest BCUT2D eigenvalue weighted by molar-refractivity contribution is -0.142. The number of aldehydes is 1. The van der Waals surface area contributed by atoms with Gasteiger partial charge in [-0.3, -0.25) is 9.78 Å². The van der Waals surface area contributed by atoms with Crippen molar-refractivity contribution in [2.45, 2.75) is 215 Å². The average Bonchev–Trinajstić information content (AvgIpc) is 3.04. The fourth-order valence-electron chi connectivity index (χ4n) is 6.35. The number of Topliss-reactive ketones (excluding diaryl/α,β-unsaturated/α-hetero) is 1. The van der Waals surface area contributed by atoms with E-state index in [2.05, 4.69) is 146 Å². The van der Waals surface area contributed by atoms with Crippen LogP contribution in [-0.4, -0.2) is 60.3 Å². The Morgan fingerprint density at radius 3 is 1.77 bits per heavy atom. The first-order valence-electron chi connectivity index (χ1n) is 21.5. The summed E-state index contributed by atoms with van der Waals surface area (Å²) in [5.74, 6) is 0.0230. The SMILES string of the molecule is CC[C@@H](C(=O)C(C)(C)[C@H](CC=O)O[Si](C)(C)C(C)(C)C)[C@@H](O[Si](C)(C)C(C)(C)C)[C@@H](C)CCC/C(C)=C/C[C@H](O[Si](C)(C)C(C)(C)C)/C(C)=C/c1ccccn1. The Kier molecular flexibility index (Phi) is 19.4. The fourth-order valence-corrected chi connectivity index (χ4v) is 10.6. The predicted molar refractivity (Wildman–Crippen MR) is 249 cm³/mol. The first-order valence-corrected chi connectivity index (χ1v) is 30.2. The smallest absolute Gasteiger partial charge is 0.192 e. The van der Waals surface area contributed by atoms with Crippen molar-refractivity contribution in [1.29, 1.82) is 0 Å². The molecular weight excluding hydrogens is 743 g/mol. The van der Waals surface area contributed by atoms with Gasteiger partial charge in [-0.25, -0.2) is 0 Å². The van der Waals surface area contributed by atoms with E-state index in [1.165, 1.54) is 11.1 Å². The molecule has 0 fully saturated rings. The van der Waals surface area contributed by atoms with Gasteiger partial charge in [-0.2, -0.15) is 0 Å². The van der Waals surface area contributed by atoms with Crippen LogP contribution in [0.2, 0.25) is 54.4 Å². The molecule has 0 spiro atoms. The first kappa shape index (κ1) is 52.5. The number of hydrogen-bond donors (Lipinski definition) is 0. The van der Waals surface area contributed by atoms with E-state index in [1.54, 1.807) is 0 Å². The number of allylic oxidation sites excluding steroid dienone is 1. The largest absolute Gasteiger partial charge is 0.413 e. The average molecular weight is 830 g/mol. The van der Waals surface area contributed by atoms with E-state index in [1.807, 2.05) is 38.2 Å². The molecule has 0 aliphatic heterocycles. The minimum Gasteiger partial charge on any atom is -0.413 e.